The number of nitrogens with zero attached hydrogens (tertiary/aromatic N) is 4. The zero-order valence-corrected chi connectivity index (χ0v) is 33.3. The Balaban J connectivity index is 1.17. The molecule has 58 heavy (non-hydrogen) atoms. The third kappa shape index (κ3) is 4.87. The van der Waals surface area contributed by atoms with E-state index >= 15 is 0 Å². The van der Waals surface area contributed by atoms with Crippen LogP contribution in [0, 0.1) is 27.7 Å². The van der Waals surface area contributed by atoms with Crippen LogP contribution in [0.3, 0.4) is 0 Å². The van der Waals surface area contributed by atoms with E-state index in [0.29, 0.717) is 0 Å². The van der Waals surface area contributed by atoms with Gasteiger partial charge < -0.3 is 9.13 Å². The van der Waals surface area contributed by atoms with Gasteiger partial charge in [-0.1, -0.05) is 71.8 Å². The molecule has 0 aliphatic heterocycles. The summed E-state index contributed by atoms with van der Waals surface area (Å²) in [7, 11) is 0. The molecule has 2 aliphatic carbocycles. The Morgan fingerprint density at radius 1 is 0.414 bits per heavy atom. The first-order valence-electron chi connectivity index (χ1n) is 20.6. The Bertz CT molecular complexity index is 3170. The molecular weight excluding hydrogens is 705 g/mol. The van der Waals surface area contributed by atoms with Crippen LogP contribution in [0.1, 0.15) is 44.8 Å². The number of hydrogen-bond donors (Lipinski definition) is 0. The quantitative estimate of drug-likeness (QED) is 0.180. The van der Waals surface area contributed by atoms with Crippen molar-refractivity contribution in [2.24, 2.45) is 0 Å². The first kappa shape index (κ1) is 33.4. The zero-order chi connectivity index (χ0) is 38.8. The second-order valence-corrected chi connectivity index (χ2v) is 16.8. The van der Waals surface area contributed by atoms with Crippen molar-refractivity contribution in [2.75, 3.05) is 0 Å². The van der Waals surface area contributed by atoms with Gasteiger partial charge in [-0.15, -0.1) is 0 Å². The third-order valence-electron chi connectivity index (χ3n) is 13.0. The van der Waals surface area contributed by atoms with Gasteiger partial charge in [-0.25, -0.2) is 0 Å². The largest absolute Gasteiger partial charge is 0.309 e. The average Bonchev–Trinajstić information content (AvgIpc) is 3.74. The summed E-state index contributed by atoms with van der Waals surface area (Å²) in [5.41, 5.74) is 26.0. The molecule has 0 N–H and O–H groups in total. The molecule has 6 aromatic carbocycles. The molecule has 278 valence electrons. The molecule has 0 atom stereocenters. The highest BCUT2D eigenvalue weighted by atomic mass is 15.0. The van der Waals surface area contributed by atoms with E-state index in [1.807, 2.05) is 12.4 Å². The topological polar surface area (TPSA) is 35.6 Å². The molecule has 0 bridgehead atoms. The summed E-state index contributed by atoms with van der Waals surface area (Å²) >= 11 is 0. The third-order valence-corrected chi connectivity index (χ3v) is 13.0. The van der Waals surface area contributed by atoms with Crippen molar-refractivity contribution in [3.05, 3.63) is 178 Å². The van der Waals surface area contributed by atoms with Crippen molar-refractivity contribution in [1.82, 2.24) is 19.1 Å². The first-order chi connectivity index (χ1) is 28.4. The molecule has 4 heterocycles. The summed E-state index contributed by atoms with van der Waals surface area (Å²) in [6.07, 6.45) is 7.93. The molecule has 2 aliphatic rings. The Morgan fingerprint density at radius 2 is 0.862 bits per heavy atom. The van der Waals surface area contributed by atoms with Gasteiger partial charge >= 0.3 is 0 Å². The van der Waals surface area contributed by atoms with Gasteiger partial charge in [-0.2, -0.15) is 0 Å². The molecule has 12 rings (SSSR count). The van der Waals surface area contributed by atoms with Gasteiger partial charge in [0.15, 0.2) is 0 Å². The summed E-state index contributed by atoms with van der Waals surface area (Å²) in [5.74, 6) is 0. The van der Waals surface area contributed by atoms with Crippen molar-refractivity contribution >= 4 is 43.6 Å². The van der Waals surface area contributed by atoms with Crippen molar-refractivity contribution in [3.63, 3.8) is 0 Å². The van der Waals surface area contributed by atoms with Crippen LogP contribution < -0.4 is 0 Å². The number of pyridine rings is 2. The van der Waals surface area contributed by atoms with E-state index in [1.165, 1.54) is 122 Å². The van der Waals surface area contributed by atoms with Gasteiger partial charge in [0.05, 0.1) is 22.1 Å². The number of aromatic nitrogens is 4. The summed E-state index contributed by atoms with van der Waals surface area (Å²) in [6.45, 7) is 8.55. The van der Waals surface area contributed by atoms with Crippen LogP contribution in [0.15, 0.2) is 134 Å². The molecule has 4 nitrogen and oxygen atoms in total. The molecule has 0 amide bonds. The monoisotopic (exact) mass is 746 g/mol. The molecule has 4 heteroatoms. The van der Waals surface area contributed by atoms with Crippen molar-refractivity contribution in [2.45, 2.75) is 53.4 Å². The maximum Gasteiger partial charge on any atom is 0.0579 e. The Labute approximate surface area is 338 Å². The van der Waals surface area contributed by atoms with E-state index in [2.05, 4.69) is 168 Å². The number of aryl methyl sites for hydroxylation is 8. The lowest BCUT2D eigenvalue weighted by molar-refractivity contribution is 0.883. The predicted octanol–water partition coefficient (Wildman–Crippen LogP) is 13.1. The minimum absolute atomic E-state index is 0.999. The van der Waals surface area contributed by atoms with E-state index in [1.54, 1.807) is 0 Å². The Kier molecular flexibility index (Phi) is 7.11. The second-order valence-electron chi connectivity index (χ2n) is 16.8. The summed E-state index contributed by atoms with van der Waals surface area (Å²) in [6, 6.07) is 45.9. The molecule has 0 saturated carbocycles. The van der Waals surface area contributed by atoms with Crippen LogP contribution in [0.25, 0.3) is 88.4 Å². The SMILES string of the molecule is Cc1cccc(-c2ccc3c(c2)c2cc4c5c(c2n3-c2ccnc(C)c2)CCc2cc3c6cc(-c7cccc(C)c7)ccc6n(-c6ccnc(C)c6)c3c(c2-5)CC4)c1. The fraction of sp³-hybridized carbons (Fsp3) is 0.148. The van der Waals surface area contributed by atoms with E-state index in [4.69, 9.17) is 0 Å². The number of hydrogen-bond acceptors (Lipinski definition) is 2. The lowest BCUT2D eigenvalue weighted by Crippen LogP contribution is -2.16. The standard InChI is InChI=1S/C54H42N4/c1-31-7-5-9-35(23-31)37-13-17-49-45(27-37)47-29-39-11-16-44-52-40(12-15-43(51(39)52)53(47)57(49)41-19-21-55-33(3)25-41)30-48-46-28-38(36-10-6-8-32(2)24-36)14-18-50(46)58(54(44)48)42-20-22-56-34(4)26-42/h5-10,13-14,17-30H,11-12,15-16H2,1-4H3. The second kappa shape index (κ2) is 12.4. The highest BCUT2D eigenvalue weighted by Crippen LogP contribution is 2.51. The Morgan fingerprint density at radius 3 is 1.29 bits per heavy atom. The van der Waals surface area contributed by atoms with E-state index in [0.717, 1.165) is 37.1 Å². The van der Waals surface area contributed by atoms with E-state index in [-0.39, 0.29) is 0 Å². The minimum atomic E-state index is 0.999. The summed E-state index contributed by atoms with van der Waals surface area (Å²) in [4.78, 5) is 9.23. The van der Waals surface area contributed by atoms with Crippen molar-refractivity contribution < 1.29 is 0 Å². The van der Waals surface area contributed by atoms with Crippen LogP contribution >= 0.6 is 0 Å². The molecule has 0 saturated heterocycles. The minimum Gasteiger partial charge on any atom is -0.309 e. The number of benzene rings is 6. The molecule has 4 aromatic heterocycles. The van der Waals surface area contributed by atoms with E-state index in [9.17, 15) is 0 Å². The van der Waals surface area contributed by atoms with Crippen LogP contribution in [0.4, 0.5) is 0 Å². The van der Waals surface area contributed by atoms with Crippen LogP contribution in [0.5, 0.6) is 0 Å². The highest BCUT2D eigenvalue weighted by molar-refractivity contribution is 6.17. The fourth-order valence-corrected chi connectivity index (χ4v) is 10.5. The maximum absolute atomic E-state index is 4.62. The van der Waals surface area contributed by atoms with Gasteiger partial charge in [-0.3, -0.25) is 9.97 Å². The molecule has 0 spiro atoms. The molecular formula is C54H42N4. The van der Waals surface area contributed by atoms with Crippen LogP contribution in [0.2, 0.25) is 0 Å². The van der Waals surface area contributed by atoms with Gasteiger partial charge in [-0.05, 0) is 170 Å². The Hall–Kier alpha value is -6.78. The average molecular weight is 747 g/mol. The fourth-order valence-electron chi connectivity index (χ4n) is 10.5. The van der Waals surface area contributed by atoms with Gasteiger partial charge in [0.2, 0.25) is 0 Å². The lowest BCUT2D eigenvalue weighted by atomic mass is 9.74. The van der Waals surface area contributed by atoms with Crippen molar-refractivity contribution in [1.29, 1.82) is 0 Å². The van der Waals surface area contributed by atoms with Crippen LogP contribution in [-0.2, 0) is 25.7 Å². The van der Waals surface area contributed by atoms with E-state index < -0.39 is 0 Å². The van der Waals surface area contributed by atoms with Gasteiger partial charge in [0.25, 0.3) is 0 Å². The molecule has 10 aromatic rings. The van der Waals surface area contributed by atoms with Gasteiger partial charge in [0, 0.05) is 56.7 Å². The maximum atomic E-state index is 4.62. The predicted molar refractivity (Wildman–Crippen MR) is 241 cm³/mol. The molecule has 0 fully saturated rings. The first-order valence-corrected chi connectivity index (χ1v) is 20.6. The van der Waals surface area contributed by atoms with Crippen molar-refractivity contribution in [3.8, 4) is 44.8 Å². The van der Waals surface area contributed by atoms with Gasteiger partial charge in [0.1, 0.15) is 0 Å². The highest BCUT2D eigenvalue weighted by Gasteiger charge is 2.33. The normalized spacial score (nSPS) is 13.2. The zero-order valence-electron chi connectivity index (χ0n) is 33.3. The molecule has 0 unspecified atom stereocenters. The number of fused-ring (bicyclic) bond motifs is 8. The smallest absolute Gasteiger partial charge is 0.0579 e. The summed E-state index contributed by atoms with van der Waals surface area (Å²) in [5, 5.41) is 5.33. The van der Waals surface area contributed by atoms with Crippen LogP contribution in [-0.4, -0.2) is 19.1 Å². The summed E-state index contributed by atoms with van der Waals surface area (Å²) < 4.78 is 5.08. The number of rotatable bonds is 4. The lowest BCUT2D eigenvalue weighted by Gasteiger charge is -2.31. The molecule has 0 radical (unpaired) electrons.